The molecular formula is C20H21N3O. The monoisotopic (exact) mass is 319 g/mol. The third kappa shape index (κ3) is 2.98. The van der Waals surface area contributed by atoms with E-state index in [1.165, 1.54) is 16.6 Å². The lowest BCUT2D eigenvalue weighted by Crippen LogP contribution is -2.00. The molecule has 2 heterocycles. The Bertz CT molecular complexity index is 905. The quantitative estimate of drug-likeness (QED) is 0.750. The molecule has 0 bridgehead atoms. The average molecular weight is 319 g/mol. The SMILES string of the molecule is CCC(C)c1[nH]c2cc(OC)ccc2c1Cc1cccc(C#N)n1. The topological polar surface area (TPSA) is 61.7 Å². The predicted octanol–water partition coefficient (Wildman–Crippen LogP) is 4.55. The predicted molar refractivity (Wildman–Crippen MR) is 95.3 cm³/mol. The Hall–Kier alpha value is -2.80. The van der Waals surface area contributed by atoms with Crippen molar-refractivity contribution in [1.29, 1.82) is 5.26 Å². The molecular weight excluding hydrogens is 298 g/mol. The number of H-pyrrole nitrogens is 1. The molecule has 1 aromatic carbocycles. The first-order valence-electron chi connectivity index (χ1n) is 8.20. The number of fused-ring (bicyclic) bond motifs is 1. The first kappa shape index (κ1) is 16.1. The van der Waals surface area contributed by atoms with Crippen molar-refractivity contribution in [3.8, 4) is 11.8 Å². The summed E-state index contributed by atoms with van der Waals surface area (Å²) < 4.78 is 5.34. The van der Waals surface area contributed by atoms with Crippen LogP contribution < -0.4 is 4.74 Å². The van der Waals surface area contributed by atoms with Gasteiger partial charge in [-0.15, -0.1) is 0 Å². The van der Waals surface area contributed by atoms with E-state index in [0.29, 0.717) is 18.0 Å². The van der Waals surface area contributed by atoms with Gasteiger partial charge in [-0.3, -0.25) is 0 Å². The number of pyridine rings is 1. The molecule has 4 nitrogen and oxygen atoms in total. The van der Waals surface area contributed by atoms with E-state index >= 15 is 0 Å². The van der Waals surface area contributed by atoms with Crippen molar-refractivity contribution >= 4 is 10.9 Å². The number of aromatic amines is 1. The lowest BCUT2D eigenvalue weighted by atomic mass is 9.96. The van der Waals surface area contributed by atoms with Crippen LogP contribution in [0.25, 0.3) is 10.9 Å². The van der Waals surface area contributed by atoms with Crippen LogP contribution in [0.2, 0.25) is 0 Å². The molecule has 122 valence electrons. The number of aromatic nitrogens is 2. The first-order valence-corrected chi connectivity index (χ1v) is 8.20. The highest BCUT2D eigenvalue weighted by Gasteiger charge is 2.17. The Morgan fingerprint density at radius 1 is 1.29 bits per heavy atom. The van der Waals surface area contributed by atoms with Crippen molar-refractivity contribution < 1.29 is 4.74 Å². The summed E-state index contributed by atoms with van der Waals surface area (Å²) in [6, 6.07) is 13.8. The van der Waals surface area contributed by atoms with Crippen LogP contribution in [0.5, 0.6) is 5.75 Å². The van der Waals surface area contributed by atoms with E-state index in [4.69, 9.17) is 10.00 Å². The Morgan fingerprint density at radius 3 is 2.83 bits per heavy atom. The molecule has 0 amide bonds. The van der Waals surface area contributed by atoms with Gasteiger partial charge in [0.25, 0.3) is 0 Å². The van der Waals surface area contributed by atoms with Gasteiger partial charge in [0, 0.05) is 34.8 Å². The molecule has 2 aromatic heterocycles. The fourth-order valence-electron chi connectivity index (χ4n) is 3.02. The average Bonchev–Trinajstić information content (AvgIpc) is 2.98. The van der Waals surface area contributed by atoms with E-state index in [0.717, 1.165) is 23.4 Å². The zero-order valence-corrected chi connectivity index (χ0v) is 14.3. The molecule has 0 fully saturated rings. The number of hydrogen-bond donors (Lipinski definition) is 1. The minimum absolute atomic E-state index is 0.428. The second-order valence-corrected chi connectivity index (χ2v) is 6.04. The van der Waals surface area contributed by atoms with Crippen molar-refractivity contribution in [3.05, 3.63) is 59.0 Å². The van der Waals surface area contributed by atoms with Crippen LogP contribution in [0.4, 0.5) is 0 Å². The van der Waals surface area contributed by atoms with E-state index in [9.17, 15) is 0 Å². The number of methoxy groups -OCH3 is 1. The molecule has 0 saturated heterocycles. The summed E-state index contributed by atoms with van der Waals surface area (Å²) in [7, 11) is 1.68. The zero-order valence-electron chi connectivity index (χ0n) is 14.3. The van der Waals surface area contributed by atoms with Gasteiger partial charge in [0.2, 0.25) is 0 Å². The summed E-state index contributed by atoms with van der Waals surface area (Å²) in [5.41, 5.74) is 4.94. The lowest BCUT2D eigenvalue weighted by molar-refractivity contribution is 0.415. The number of nitrogens with one attached hydrogen (secondary N) is 1. The molecule has 0 radical (unpaired) electrons. The van der Waals surface area contributed by atoms with Crippen LogP contribution in [0.15, 0.2) is 36.4 Å². The van der Waals surface area contributed by atoms with Crippen LogP contribution in [0, 0.1) is 11.3 Å². The van der Waals surface area contributed by atoms with Gasteiger partial charge >= 0.3 is 0 Å². The highest BCUT2D eigenvalue weighted by molar-refractivity contribution is 5.86. The fourth-order valence-corrected chi connectivity index (χ4v) is 3.02. The van der Waals surface area contributed by atoms with E-state index < -0.39 is 0 Å². The minimum atomic E-state index is 0.428. The first-order chi connectivity index (χ1) is 11.7. The van der Waals surface area contributed by atoms with Gasteiger partial charge in [-0.2, -0.15) is 5.26 Å². The molecule has 1 unspecified atom stereocenters. The van der Waals surface area contributed by atoms with Crippen LogP contribution in [-0.4, -0.2) is 17.1 Å². The highest BCUT2D eigenvalue weighted by atomic mass is 16.5. The molecule has 0 aliphatic carbocycles. The van der Waals surface area contributed by atoms with Crippen LogP contribution in [0.3, 0.4) is 0 Å². The van der Waals surface area contributed by atoms with E-state index in [2.05, 4.69) is 36.0 Å². The number of nitrogens with zero attached hydrogens (tertiary/aromatic N) is 2. The molecule has 1 atom stereocenters. The highest BCUT2D eigenvalue weighted by Crippen LogP contribution is 2.32. The van der Waals surface area contributed by atoms with E-state index in [-0.39, 0.29) is 0 Å². The van der Waals surface area contributed by atoms with E-state index in [1.54, 1.807) is 13.2 Å². The Labute approximate surface area is 142 Å². The molecule has 0 saturated carbocycles. The normalized spacial score (nSPS) is 12.1. The number of ether oxygens (including phenoxy) is 1. The smallest absolute Gasteiger partial charge is 0.140 e. The minimum Gasteiger partial charge on any atom is -0.497 e. The van der Waals surface area contributed by atoms with Crippen molar-refractivity contribution in [2.24, 2.45) is 0 Å². The van der Waals surface area contributed by atoms with E-state index in [1.807, 2.05) is 24.3 Å². The zero-order chi connectivity index (χ0) is 17.1. The Kier molecular flexibility index (Phi) is 4.52. The number of rotatable bonds is 5. The Balaban J connectivity index is 2.11. The van der Waals surface area contributed by atoms with Crippen LogP contribution >= 0.6 is 0 Å². The standard InChI is InChI=1S/C20H21N3O/c1-4-13(2)20-18(10-14-6-5-7-15(12-21)22-14)17-9-8-16(24-3)11-19(17)23-20/h5-9,11,13,23H,4,10H2,1-3H3. The second kappa shape index (κ2) is 6.76. The van der Waals surface area contributed by atoms with Crippen molar-refractivity contribution in [2.75, 3.05) is 7.11 Å². The molecule has 0 aliphatic rings. The van der Waals surface area contributed by atoms with Crippen LogP contribution in [-0.2, 0) is 6.42 Å². The van der Waals surface area contributed by atoms with Gasteiger partial charge in [0.05, 0.1) is 7.11 Å². The third-order valence-corrected chi connectivity index (χ3v) is 4.53. The summed E-state index contributed by atoms with van der Waals surface area (Å²) >= 11 is 0. The molecule has 24 heavy (non-hydrogen) atoms. The lowest BCUT2D eigenvalue weighted by Gasteiger charge is -2.10. The maximum atomic E-state index is 9.07. The van der Waals surface area contributed by atoms with Gasteiger partial charge in [0.1, 0.15) is 17.5 Å². The van der Waals surface area contributed by atoms with Crippen molar-refractivity contribution in [1.82, 2.24) is 9.97 Å². The number of benzene rings is 1. The van der Waals surface area contributed by atoms with Crippen molar-refractivity contribution in [2.45, 2.75) is 32.6 Å². The molecule has 4 heteroatoms. The van der Waals surface area contributed by atoms with Gasteiger partial charge in [-0.1, -0.05) is 19.9 Å². The second-order valence-electron chi connectivity index (χ2n) is 6.04. The van der Waals surface area contributed by atoms with Gasteiger partial charge in [-0.05, 0) is 42.2 Å². The molecule has 1 N–H and O–H groups in total. The number of nitriles is 1. The molecule has 3 rings (SSSR count). The van der Waals surface area contributed by atoms with Crippen LogP contribution in [0.1, 0.15) is 48.8 Å². The maximum Gasteiger partial charge on any atom is 0.140 e. The van der Waals surface area contributed by atoms with Crippen molar-refractivity contribution in [3.63, 3.8) is 0 Å². The third-order valence-electron chi connectivity index (χ3n) is 4.53. The van der Waals surface area contributed by atoms with Gasteiger partial charge in [-0.25, -0.2) is 4.98 Å². The molecule has 3 aromatic rings. The molecule has 0 aliphatic heterocycles. The maximum absolute atomic E-state index is 9.07. The summed E-state index contributed by atoms with van der Waals surface area (Å²) in [6.07, 6.45) is 1.77. The van der Waals surface area contributed by atoms with Gasteiger partial charge < -0.3 is 9.72 Å². The number of hydrogen-bond acceptors (Lipinski definition) is 3. The van der Waals surface area contributed by atoms with Gasteiger partial charge in [0.15, 0.2) is 0 Å². The summed E-state index contributed by atoms with van der Waals surface area (Å²) in [4.78, 5) is 8.00. The largest absolute Gasteiger partial charge is 0.497 e. The molecule has 0 spiro atoms. The summed E-state index contributed by atoms with van der Waals surface area (Å²) in [5, 5.41) is 10.3. The Morgan fingerprint density at radius 2 is 2.12 bits per heavy atom. The summed E-state index contributed by atoms with van der Waals surface area (Å²) in [6.45, 7) is 4.42. The fraction of sp³-hybridized carbons (Fsp3) is 0.300. The summed E-state index contributed by atoms with van der Waals surface area (Å²) in [5.74, 6) is 1.27.